The lowest BCUT2D eigenvalue weighted by Gasteiger charge is -2.23. The minimum atomic E-state index is -1.27. The predicted octanol–water partition coefficient (Wildman–Crippen LogP) is 1.71. The number of unbranched alkanes of at least 4 members (excludes halogenated alkanes) is 2. The maximum Gasteiger partial charge on any atom is 0.308 e. The first-order valence-corrected chi connectivity index (χ1v) is 13.3. The van der Waals surface area contributed by atoms with E-state index >= 15 is 0 Å². The SMILES string of the molecule is CC(=O)Oc1cccc(C(=O)NCCCCCN(CC(N)=O)C(=O)c2cccc(OC(C)=O)c2OC(C)=O)c1OC(C)O. The average Bonchev–Trinajstić information content (AvgIpc) is 2.90. The molecule has 0 fully saturated rings. The molecule has 4 N–H and O–H groups in total. The number of carbonyl (C=O) groups excluding carboxylic acids is 6. The minimum absolute atomic E-state index is 0.0180. The second-order valence-corrected chi connectivity index (χ2v) is 9.27. The van der Waals surface area contributed by atoms with Gasteiger partial charge in [-0.1, -0.05) is 12.1 Å². The van der Waals surface area contributed by atoms with Crippen LogP contribution in [0, 0.1) is 0 Å². The highest BCUT2D eigenvalue weighted by Crippen LogP contribution is 2.33. The van der Waals surface area contributed by atoms with E-state index in [1.54, 1.807) is 0 Å². The van der Waals surface area contributed by atoms with Gasteiger partial charge in [0.25, 0.3) is 11.8 Å². The molecule has 0 aliphatic carbocycles. The number of para-hydroxylation sites is 2. The molecule has 43 heavy (non-hydrogen) atoms. The van der Waals surface area contributed by atoms with Gasteiger partial charge < -0.3 is 40.0 Å². The number of ether oxygens (including phenoxy) is 4. The van der Waals surface area contributed by atoms with E-state index in [0.717, 1.165) is 13.8 Å². The Hall–Kier alpha value is -4.98. The highest BCUT2D eigenvalue weighted by molar-refractivity contribution is 6.00. The van der Waals surface area contributed by atoms with Crippen LogP contribution in [-0.2, 0) is 19.2 Å². The lowest BCUT2D eigenvalue weighted by atomic mass is 10.1. The van der Waals surface area contributed by atoms with Crippen molar-refractivity contribution in [2.75, 3.05) is 19.6 Å². The van der Waals surface area contributed by atoms with Gasteiger partial charge in [-0.2, -0.15) is 0 Å². The molecule has 14 heteroatoms. The van der Waals surface area contributed by atoms with Gasteiger partial charge in [0.1, 0.15) is 0 Å². The number of carbonyl (C=O) groups is 6. The summed E-state index contributed by atoms with van der Waals surface area (Å²) in [5.74, 6) is -4.53. The Balaban J connectivity index is 2.05. The minimum Gasteiger partial charge on any atom is -0.461 e. The van der Waals surface area contributed by atoms with Crippen LogP contribution in [0.1, 0.15) is 67.7 Å². The van der Waals surface area contributed by atoms with Crippen LogP contribution in [0.5, 0.6) is 23.0 Å². The quantitative estimate of drug-likeness (QED) is 0.116. The van der Waals surface area contributed by atoms with E-state index in [1.807, 2.05) is 0 Å². The first kappa shape index (κ1) is 34.2. The van der Waals surface area contributed by atoms with E-state index in [1.165, 1.54) is 55.1 Å². The van der Waals surface area contributed by atoms with Crippen molar-refractivity contribution >= 4 is 35.6 Å². The highest BCUT2D eigenvalue weighted by atomic mass is 16.6. The number of rotatable bonds is 15. The molecular formula is C29H35N3O11. The highest BCUT2D eigenvalue weighted by Gasteiger charge is 2.25. The largest absolute Gasteiger partial charge is 0.461 e. The van der Waals surface area contributed by atoms with Crippen molar-refractivity contribution in [3.8, 4) is 23.0 Å². The topological polar surface area (TPSA) is 201 Å². The number of primary amides is 1. The Morgan fingerprint density at radius 1 is 0.814 bits per heavy atom. The molecule has 0 aromatic heterocycles. The monoisotopic (exact) mass is 601 g/mol. The van der Waals surface area contributed by atoms with Crippen LogP contribution in [-0.4, -0.2) is 71.6 Å². The van der Waals surface area contributed by atoms with Gasteiger partial charge in [-0.15, -0.1) is 0 Å². The van der Waals surface area contributed by atoms with Gasteiger partial charge in [-0.25, -0.2) is 0 Å². The molecule has 0 aliphatic rings. The van der Waals surface area contributed by atoms with Crippen LogP contribution in [0.15, 0.2) is 36.4 Å². The van der Waals surface area contributed by atoms with Crippen molar-refractivity contribution in [3.63, 3.8) is 0 Å². The summed E-state index contributed by atoms with van der Waals surface area (Å²) in [7, 11) is 0. The first-order valence-electron chi connectivity index (χ1n) is 13.3. The smallest absolute Gasteiger partial charge is 0.308 e. The molecule has 14 nitrogen and oxygen atoms in total. The van der Waals surface area contributed by atoms with Crippen LogP contribution >= 0.6 is 0 Å². The summed E-state index contributed by atoms with van der Waals surface area (Å²) in [5.41, 5.74) is 5.31. The molecule has 0 heterocycles. The van der Waals surface area contributed by atoms with Gasteiger partial charge in [-0.3, -0.25) is 28.8 Å². The van der Waals surface area contributed by atoms with E-state index in [9.17, 15) is 33.9 Å². The van der Waals surface area contributed by atoms with Crippen LogP contribution in [0.2, 0.25) is 0 Å². The van der Waals surface area contributed by atoms with Crippen molar-refractivity contribution in [2.45, 2.75) is 53.2 Å². The molecule has 0 saturated carbocycles. The molecule has 0 bridgehead atoms. The van der Waals surface area contributed by atoms with E-state index in [2.05, 4.69) is 5.32 Å². The Labute approximate surface area is 248 Å². The summed E-state index contributed by atoms with van der Waals surface area (Å²) in [5, 5.41) is 12.4. The number of aliphatic hydroxyl groups excluding tert-OH is 1. The zero-order chi connectivity index (χ0) is 32.1. The van der Waals surface area contributed by atoms with E-state index in [0.29, 0.717) is 19.3 Å². The fourth-order valence-electron chi connectivity index (χ4n) is 3.90. The van der Waals surface area contributed by atoms with Crippen LogP contribution in [0.4, 0.5) is 0 Å². The lowest BCUT2D eigenvalue weighted by Crippen LogP contribution is -2.39. The molecule has 1 atom stereocenters. The second-order valence-electron chi connectivity index (χ2n) is 9.27. The summed E-state index contributed by atoms with van der Waals surface area (Å²) >= 11 is 0. The molecule has 232 valence electrons. The summed E-state index contributed by atoms with van der Waals surface area (Å²) < 4.78 is 20.6. The van der Waals surface area contributed by atoms with Crippen molar-refractivity contribution in [2.24, 2.45) is 5.73 Å². The number of hydrogen-bond donors (Lipinski definition) is 3. The molecule has 3 amide bonds. The Morgan fingerprint density at radius 2 is 1.37 bits per heavy atom. The molecule has 2 rings (SSSR count). The molecule has 2 aromatic carbocycles. The van der Waals surface area contributed by atoms with Crippen molar-refractivity contribution in [3.05, 3.63) is 47.5 Å². The van der Waals surface area contributed by atoms with Gasteiger partial charge >= 0.3 is 17.9 Å². The first-order chi connectivity index (χ1) is 20.3. The zero-order valence-electron chi connectivity index (χ0n) is 24.3. The maximum atomic E-state index is 13.4. The number of nitrogens with one attached hydrogen (secondary N) is 1. The van der Waals surface area contributed by atoms with Crippen LogP contribution in [0.25, 0.3) is 0 Å². The van der Waals surface area contributed by atoms with Crippen molar-refractivity contribution < 1.29 is 52.8 Å². The van der Waals surface area contributed by atoms with Gasteiger partial charge in [0.2, 0.25) is 5.91 Å². The number of aliphatic hydroxyl groups is 1. The lowest BCUT2D eigenvalue weighted by molar-refractivity contribution is -0.134. The second kappa shape index (κ2) is 16.5. The molecule has 0 spiro atoms. The number of benzene rings is 2. The summed E-state index contributed by atoms with van der Waals surface area (Å²) in [4.78, 5) is 73.7. The molecule has 2 aromatic rings. The zero-order valence-corrected chi connectivity index (χ0v) is 24.3. The maximum absolute atomic E-state index is 13.4. The molecule has 0 radical (unpaired) electrons. The summed E-state index contributed by atoms with van der Waals surface area (Å²) in [6, 6.07) is 8.54. The third kappa shape index (κ3) is 11.1. The fraction of sp³-hybridized carbons (Fsp3) is 0.379. The summed E-state index contributed by atoms with van der Waals surface area (Å²) in [6.07, 6.45) is 0.155. The Bertz CT molecular complexity index is 1360. The van der Waals surface area contributed by atoms with Crippen LogP contribution < -0.4 is 30.0 Å². The molecular weight excluding hydrogens is 566 g/mol. The van der Waals surface area contributed by atoms with Gasteiger partial charge in [0.05, 0.1) is 17.7 Å². The fourth-order valence-corrected chi connectivity index (χ4v) is 3.90. The number of esters is 3. The molecule has 0 aliphatic heterocycles. The molecule has 0 saturated heterocycles. The number of nitrogens with two attached hydrogens (primary N) is 1. The van der Waals surface area contributed by atoms with Gasteiger partial charge in [-0.05, 0) is 50.5 Å². The standard InChI is InChI=1S/C29H35N3O11/c1-17(33)40-23-12-8-10-21(26(23)42-19(3)35)28(38)31-14-6-5-7-15-32(16-25(30)37)29(39)22-11-9-13-24(41-18(2)34)27(22)43-20(4)36/h8-13,19,35H,5-7,14-16H2,1-4H3,(H2,30,37)(H,31,38). The van der Waals surface area contributed by atoms with E-state index in [-0.39, 0.29) is 47.2 Å². The van der Waals surface area contributed by atoms with E-state index < -0.39 is 48.5 Å². The van der Waals surface area contributed by atoms with Gasteiger partial charge in [0, 0.05) is 33.9 Å². The van der Waals surface area contributed by atoms with E-state index in [4.69, 9.17) is 24.7 Å². The third-order valence-electron chi connectivity index (χ3n) is 5.50. The normalized spacial score (nSPS) is 11.1. The third-order valence-corrected chi connectivity index (χ3v) is 5.50. The van der Waals surface area contributed by atoms with Crippen molar-refractivity contribution in [1.82, 2.24) is 10.2 Å². The Morgan fingerprint density at radius 3 is 1.91 bits per heavy atom. The molecule has 1 unspecified atom stereocenters. The number of hydrogen-bond acceptors (Lipinski definition) is 11. The van der Waals surface area contributed by atoms with Crippen LogP contribution in [0.3, 0.4) is 0 Å². The number of nitrogens with zero attached hydrogens (tertiary/aromatic N) is 1. The number of amides is 3. The van der Waals surface area contributed by atoms with Crippen molar-refractivity contribution in [1.29, 1.82) is 0 Å². The predicted molar refractivity (Wildman–Crippen MR) is 150 cm³/mol. The Kier molecular flexibility index (Phi) is 13.1. The van der Waals surface area contributed by atoms with Gasteiger partial charge in [0.15, 0.2) is 29.3 Å². The average molecular weight is 602 g/mol. The summed E-state index contributed by atoms with van der Waals surface area (Å²) in [6.45, 7) is 4.71.